The molecule has 0 radical (unpaired) electrons. The van der Waals surface area contributed by atoms with Crippen molar-refractivity contribution in [2.24, 2.45) is 0 Å². The van der Waals surface area contributed by atoms with Gasteiger partial charge in [-0.05, 0) is 32.6 Å². The highest BCUT2D eigenvalue weighted by atomic mass is 32.2. The van der Waals surface area contributed by atoms with Crippen LogP contribution in [0.1, 0.15) is 32.6 Å². The Balaban J connectivity index is 3.74. The number of carbonyl (C=O) groups is 3. The topological polar surface area (TPSA) is 133 Å². The molecule has 26 heavy (non-hydrogen) atoms. The third-order valence-electron chi connectivity index (χ3n) is 2.77. The second kappa shape index (κ2) is 10.8. The maximum absolute atomic E-state index is 12.8. The molecule has 0 aliphatic rings. The Morgan fingerprint density at radius 2 is 1.50 bits per heavy atom. The molecule has 0 saturated heterocycles. The molecule has 0 atom stereocenters. The Morgan fingerprint density at radius 3 is 1.96 bits per heavy atom. The molecule has 0 heterocycles. The molecule has 0 amide bonds. The van der Waals surface area contributed by atoms with Gasteiger partial charge in [-0.25, -0.2) is 14.4 Å². The van der Waals surface area contributed by atoms with Crippen molar-refractivity contribution >= 4 is 28.0 Å². The Morgan fingerprint density at radius 1 is 1.00 bits per heavy atom. The summed E-state index contributed by atoms with van der Waals surface area (Å²) in [5.41, 5.74) is 0.146. The fourth-order valence-electron chi connectivity index (χ4n) is 1.39. The summed E-state index contributed by atoms with van der Waals surface area (Å²) in [6, 6.07) is 0. The van der Waals surface area contributed by atoms with Crippen LogP contribution in [0.25, 0.3) is 0 Å². The molecule has 0 unspecified atom stereocenters. The van der Waals surface area contributed by atoms with Crippen LogP contribution < -0.4 is 0 Å². The normalized spacial score (nSPS) is 11.5. The van der Waals surface area contributed by atoms with Crippen LogP contribution >= 0.6 is 0 Å². The maximum atomic E-state index is 12.8. The molecule has 1 N–H and O–H groups in total. The van der Waals surface area contributed by atoms with Gasteiger partial charge in [0.25, 0.3) is 0 Å². The highest BCUT2D eigenvalue weighted by Crippen LogP contribution is 2.22. The summed E-state index contributed by atoms with van der Waals surface area (Å²) in [5, 5.41) is -5.01. The van der Waals surface area contributed by atoms with E-state index in [0.29, 0.717) is 19.3 Å². The van der Waals surface area contributed by atoms with E-state index in [0.717, 1.165) is 0 Å². The van der Waals surface area contributed by atoms with Gasteiger partial charge < -0.3 is 14.2 Å². The standard InChI is InChI=1S/C14H20F2O9S/c1-10(2)12(18)25-9-11(17)23-7-5-3-4-6-8-24-13(19)14(15,16)26(20,21)22/h1,3-9H2,2H3,(H,20,21,22). The Kier molecular flexibility index (Phi) is 9.94. The molecule has 12 heteroatoms. The summed E-state index contributed by atoms with van der Waals surface area (Å²) in [6.07, 6.45) is 1.52. The Bertz CT molecular complexity index is 628. The van der Waals surface area contributed by atoms with E-state index < -0.39 is 46.5 Å². The number of ether oxygens (including phenoxy) is 3. The highest BCUT2D eigenvalue weighted by Gasteiger charge is 2.54. The van der Waals surface area contributed by atoms with Gasteiger partial charge in [-0.2, -0.15) is 17.2 Å². The molecule has 150 valence electrons. The average molecular weight is 402 g/mol. The van der Waals surface area contributed by atoms with Crippen LogP contribution in [0.3, 0.4) is 0 Å². The second-order valence-electron chi connectivity index (χ2n) is 5.12. The summed E-state index contributed by atoms with van der Waals surface area (Å²) in [7, 11) is -5.87. The molecule has 0 aliphatic carbocycles. The van der Waals surface area contributed by atoms with Crippen molar-refractivity contribution < 1.29 is 50.3 Å². The van der Waals surface area contributed by atoms with Crippen LogP contribution in [0.15, 0.2) is 12.2 Å². The molecule has 0 aromatic carbocycles. The van der Waals surface area contributed by atoms with Gasteiger partial charge in [0.2, 0.25) is 0 Å². The predicted molar refractivity (Wildman–Crippen MR) is 82.7 cm³/mol. The first-order chi connectivity index (χ1) is 11.9. The molecule has 0 aromatic heterocycles. The first kappa shape index (κ1) is 23.9. The van der Waals surface area contributed by atoms with E-state index in [-0.39, 0.29) is 18.6 Å². The van der Waals surface area contributed by atoms with E-state index in [1.54, 1.807) is 0 Å². The van der Waals surface area contributed by atoms with Gasteiger partial charge in [0.1, 0.15) is 0 Å². The van der Waals surface area contributed by atoms with Crippen LogP contribution in [-0.4, -0.2) is 56.0 Å². The number of hydrogen-bond acceptors (Lipinski definition) is 8. The summed E-state index contributed by atoms with van der Waals surface area (Å²) in [5.74, 6) is -3.80. The molecule has 0 saturated carbocycles. The Labute approximate surface area is 149 Å². The van der Waals surface area contributed by atoms with Crippen LogP contribution in [0, 0.1) is 0 Å². The summed E-state index contributed by atoms with van der Waals surface area (Å²) in [4.78, 5) is 33.1. The van der Waals surface area contributed by atoms with Gasteiger partial charge in [0.15, 0.2) is 6.61 Å². The third kappa shape index (κ3) is 8.85. The van der Waals surface area contributed by atoms with Crippen molar-refractivity contribution in [1.29, 1.82) is 0 Å². The second-order valence-corrected chi connectivity index (χ2v) is 6.58. The lowest BCUT2D eigenvalue weighted by Gasteiger charge is -2.11. The average Bonchev–Trinajstić information content (AvgIpc) is 2.53. The monoisotopic (exact) mass is 402 g/mol. The fraction of sp³-hybridized carbons (Fsp3) is 0.643. The SMILES string of the molecule is C=C(C)C(=O)OCC(=O)OCCCCCCOC(=O)C(F)(F)S(=O)(=O)O. The predicted octanol–water partition coefficient (Wildman–Crippen LogP) is 1.23. The molecule has 0 spiro atoms. The van der Waals surface area contributed by atoms with E-state index in [9.17, 15) is 31.6 Å². The number of carbonyl (C=O) groups excluding carboxylic acids is 3. The van der Waals surface area contributed by atoms with Crippen molar-refractivity contribution in [3.63, 3.8) is 0 Å². The zero-order valence-corrected chi connectivity index (χ0v) is 14.9. The van der Waals surface area contributed by atoms with Gasteiger partial charge in [-0.15, -0.1) is 0 Å². The van der Waals surface area contributed by atoms with Gasteiger partial charge in [-0.3, -0.25) is 4.55 Å². The molecular weight excluding hydrogens is 382 g/mol. The van der Waals surface area contributed by atoms with Crippen molar-refractivity contribution in [2.45, 2.75) is 37.9 Å². The highest BCUT2D eigenvalue weighted by molar-refractivity contribution is 7.87. The lowest BCUT2D eigenvalue weighted by molar-refractivity contribution is -0.161. The Hall–Kier alpha value is -2.08. The fourth-order valence-corrected chi connectivity index (χ4v) is 1.66. The van der Waals surface area contributed by atoms with Crippen LogP contribution in [0.2, 0.25) is 0 Å². The van der Waals surface area contributed by atoms with E-state index in [2.05, 4.69) is 16.1 Å². The molecule has 0 rings (SSSR count). The molecule has 9 nitrogen and oxygen atoms in total. The number of esters is 3. The van der Waals surface area contributed by atoms with E-state index in [4.69, 9.17) is 9.29 Å². The number of rotatable bonds is 12. The van der Waals surface area contributed by atoms with Crippen molar-refractivity contribution in [3.8, 4) is 0 Å². The lowest BCUT2D eigenvalue weighted by Crippen LogP contribution is -2.39. The van der Waals surface area contributed by atoms with Gasteiger partial charge in [0.05, 0.1) is 13.2 Å². The minimum absolute atomic E-state index is 0.0457. The summed E-state index contributed by atoms with van der Waals surface area (Å²) < 4.78 is 67.9. The van der Waals surface area contributed by atoms with Gasteiger partial charge >= 0.3 is 33.3 Å². The van der Waals surface area contributed by atoms with E-state index >= 15 is 0 Å². The summed E-state index contributed by atoms with van der Waals surface area (Å²) >= 11 is 0. The molecule has 0 fully saturated rings. The zero-order chi connectivity index (χ0) is 20.4. The van der Waals surface area contributed by atoms with Crippen molar-refractivity contribution in [3.05, 3.63) is 12.2 Å². The van der Waals surface area contributed by atoms with Crippen molar-refractivity contribution in [1.82, 2.24) is 0 Å². The lowest BCUT2D eigenvalue weighted by atomic mass is 10.2. The summed E-state index contributed by atoms with van der Waals surface area (Å²) in [6.45, 7) is 3.81. The third-order valence-corrected chi connectivity index (χ3v) is 3.58. The number of alkyl halides is 2. The van der Waals surface area contributed by atoms with Crippen LogP contribution in [0.5, 0.6) is 0 Å². The zero-order valence-electron chi connectivity index (χ0n) is 14.0. The molecule has 0 aromatic rings. The largest absolute Gasteiger partial charge is 0.465 e. The molecular formula is C14H20F2O9S. The quantitative estimate of drug-likeness (QED) is 0.168. The van der Waals surface area contributed by atoms with Crippen LogP contribution in [0.4, 0.5) is 8.78 Å². The van der Waals surface area contributed by atoms with Crippen molar-refractivity contribution in [2.75, 3.05) is 19.8 Å². The van der Waals surface area contributed by atoms with E-state index in [1.807, 2.05) is 0 Å². The maximum Gasteiger partial charge on any atom is 0.465 e. The van der Waals surface area contributed by atoms with E-state index in [1.165, 1.54) is 6.92 Å². The molecule has 0 aliphatic heterocycles. The first-order valence-electron chi connectivity index (χ1n) is 7.40. The number of halogens is 2. The minimum Gasteiger partial charge on any atom is -0.463 e. The van der Waals surface area contributed by atoms with Gasteiger partial charge in [-0.1, -0.05) is 6.58 Å². The smallest absolute Gasteiger partial charge is 0.463 e. The number of hydrogen-bond donors (Lipinski definition) is 1. The van der Waals surface area contributed by atoms with Crippen LogP contribution in [-0.2, 0) is 38.7 Å². The number of unbranched alkanes of at least 4 members (excludes halogenated alkanes) is 3. The van der Waals surface area contributed by atoms with Gasteiger partial charge in [0, 0.05) is 5.57 Å². The first-order valence-corrected chi connectivity index (χ1v) is 8.84. The molecule has 0 bridgehead atoms. The minimum atomic E-state index is -5.87.